The number of amides is 2. The van der Waals surface area contributed by atoms with Crippen molar-refractivity contribution in [2.75, 3.05) is 7.11 Å². The zero-order valence-electron chi connectivity index (χ0n) is 20.8. The Morgan fingerprint density at radius 2 is 1.66 bits per heavy atom. The number of methoxy groups -OCH3 is 1. The van der Waals surface area contributed by atoms with E-state index in [0.29, 0.717) is 19.4 Å². The molecule has 4 unspecified atom stereocenters. The molecule has 0 bridgehead atoms. The number of carboxylic acid groups (broad SMARTS) is 1. The van der Waals surface area contributed by atoms with Gasteiger partial charge >= 0.3 is 12.0 Å². The summed E-state index contributed by atoms with van der Waals surface area (Å²) in [5, 5.41) is 12.9. The molecule has 0 spiro atoms. The van der Waals surface area contributed by atoms with Gasteiger partial charge in [-0.15, -0.1) is 0 Å². The second-order valence-electron chi connectivity index (χ2n) is 9.66. The minimum absolute atomic E-state index is 0.0155. The predicted molar refractivity (Wildman–Crippen MR) is 141 cm³/mol. The molecular formula is C28H29N3O6S. The van der Waals surface area contributed by atoms with Gasteiger partial charge in [-0.2, -0.15) is 4.72 Å². The zero-order chi connectivity index (χ0) is 26.9. The number of benzene rings is 3. The van der Waals surface area contributed by atoms with Gasteiger partial charge in [-0.05, 0) is 59.7 Å². The summed E-state index contributed by atoms with van der Waals surface area (Å²) >= 11 is 0. The third-order valence-corrected chi connectivity index (χ3v) is 8.80. The lowest BCUT2D eigenvalue weighted by Crippen LogP contribution is -2.46. The number of carboxylic acids is 1. The molecule has 3 aromatic rings. The van der Waals surface area contributed by atoms with Crippen molar-refractivity contribution in [2.24, 2.45) is 5.92 Å². The lowest BCUT2D eigenvalue weighted by atomic mass is 9.98. The molecule has 2 fully saturated rings. The number of rotatable bonds is 9. The normalized spacial score (nSPS) is 21.6. The Labute approximate surface area is 221 Å². The number of nitrogens with one attached hydrogen (secondary N) is 2. The lowest BCUT2D eigenvalue weighted by Gasteiger charge is -2.25. The number of ether oxygens (including phenoxy) is 1. The van der Waals surface area contributed by atoms with Gasteiger partial charge in [0.05, 0.1) is 24.1 Å². The van der Waals surface area contributed by atoms with Crippen LogP contribution in [-0.4, -0.2) is 55.7 Å². The minimum atomic E-state index is -4.10. The summed E-state index contributed by atoms with van der Waals surface area (Å²) in [5.41, 5.74) is 2.69. The van der Waals surface area contributed by atoms with Crippen LogP contribution in [0.15, 0.2) is 83.8 Å². The van der Waals surface area contributed by atoms with E-state index >= 15 is 0 Å². The van der Waals surface area contributed by atoms with Crippen LogP contribution in [0, 0.1) is 5.92 Å². The van der Waals surface area contributed by atoms with Crippen molar-refractivity contribution in [3.8, 4) is 16.9 Å². The molecule has 3 aromatic carbocycles. The number of nitrogens with zero attached hydrogens (tertiary/aromatic N) is 1. The Morgan fingerprint density at radius 1 is 1.03 bits per heavy atom. The lowest BCUT2D eigenvalue weighted by molar-refractivity contribution is -0.140. The first-order chi connectivity index (χ1) is 18.2. The number of carbonyl (C=O) groups is 2. The number of carbonyl (C=O) groups excluding carboxylic acids is 1. The molecule has 2 aliphatic rings. The van der Waals surface area contributed by atoms with Crippen LogP contribution in [0.3, 0.4) is 0 Å². The molecule has 1 saturated carbocycles. The summed E-state index contributed by atoms with van der Waals surface area (Å²) in [7, 11) is -2.52. The molecule has 0 radical (unpaired) electrons. The maximum atomic E-state index is 13.2. The molecule has 9 nitrogen and oxygen atoms in total. The second-order valence-corrected chi connectivity index (χ2v) is 11.4. The Morgan fingerprint density at radius 3 is 2.26 bits per heavy atom. The number of sulfonamides is 1. The average molecular weight is 536 g/mol. The van der Waals surface area contributed by atoms with Crippen molar-refractivity contribution in [1.82, 2.24) is 14.9 Å². The highest BCUT2D eigenvalue weighted by molar-refractivity contribution is 7.89. The van der Waals surface area contributed by atoms with Crippen molar-refractivity contribution in [2.45, 2.75) is 42.4 Å². The van der Waals surface area contributed by atoms with Crippen molar-refractivity contribution in [1.29, 1.82) is 0 Å². The van der Waals surface area contributed by atoms with Crippen LogP contribution in [-0.2, 0) is 21.4 Å². The van der Waals surface area contributed by atoms with Gasteiger partial charge in [0.25, 0.3) is 0 Å². The standard InChI is InChI=1S/C28H29N3O6S/c1-37-22-11-7-19(8-12-22)20-9-13-23(14-10-20)38(35,36)30-26(27(32)33)21-15-24-25(16-21)31(28(34)29-24)17-18-5-3-2-4-6-18/h2-14,21,24-26,30H,15-17H2,1H3,(H,29,34)(H,32,33). The van der Waals surface area contributed by atoms with E-state index in [-0.39, 0.29) is 23.0 Å². The van der Waals surface area contributed by atoms with Crippen LogP contribution in [0.25, 0.3) is 11.1 Å². The van der Waals surface area contributed by atoms with Gasteiger partial charge in [-0.3, -0.25) is 4.79 Å². The Bertz CT molecular complexity index is 1410. The molecule has 4 atom stereocenters. The van der Waals surface area contributed by atoms with Gasteiger partial charge in [0.1, 0.15) is 11.8 Å². The van der Waals surface area contributed by atoms with Crippen molar-refractivity contribution in [3.05, 3.63) is 84.4 Å². The first kappa shape index (κ1) is 25.7. The van der Waals surface area contributed by atoms with Crippen LogP contribution in [0.4, 0.5) is 4.79 Å². The molecule has 10 heteroatoms. The van der Waals surface area contributed by atoms with E-state index in [9.17, 15) is 23.1 Å². The number of hydrogen-bond acceptors (Lipinski definition) is 5. The molecule has 198 valence electrons. The van der Waals surface area contributed by atoms with Crippen molar-refractivity contribution >= 4 is 22.0 Å². The number of fused-ring (bicyclic) bond motifs is 1. The molecule has 38 heavy (non-hydrogen) atoms. The van der Waals surface area contributed by atoms with Gasteiger partial charge < -0.3 is 20.1 Å². The van der Waals surface area contributed by atoms with E-state index in [0.717, 1.165) is 22.4 Å². The molecule has 1 heterocycles. The van der Waals surface area contributed by atoms with Crippen molar-refractivity contribution in [3.63, 3.8) is 0 Å². The molecule has 5 rings (SSSR count). The second kappa shape index (κ2) is 10.5. The molecule has 3 N–H and O–H groups in total. The topological polar surface area (TPSA) is 125 Å². The summed E-state index contributed by atoms with van der Waals surface area (Å²) < 4.78 is 33.9. The SMILES string of the molecule is COc1ccc(-c2ccc(S(=O)(=O)NC(C(=O)O)C3CC4NC(=O)N(Cc5ccccc5)C4C3)cc2)cc1. The smallest absolute Gasteiger partial charge is 0.322 e. The fourth-order valence-electron chi connectivity index (χ4n) is 5.38. The minimum Gasteiger partial charge on any atom is -0.497 e. The van der Waals surface area contributed by atoms with E-state index in [2.05, 4.69) is 10.0 Å². The fraction of sp³-hybridized carbons (Fsp3) is 0.286. The van der Waals surface area contributed by atoms with Gasteiger partial charge in [0.15, 0.2) is 0 Å². The monoisotopic (exact) mass is 535 g/mol. The molecule has 2 amide bonds. The highest BCUT2D eigenvalue weighted by Gasteiger charge is 2.49. The van der Waals surface area contributed by atoms with Crippen LogP contribution < -0.4 is 14.8 Å². The maximum absolute atomic E-state index is 13.2. The van der Waals surface area contributed by atoms with Crippen molar-refractivity contribution < 1.29 is 27.9 Å². The van der Waals surface area contributed by atoms with E-state index in [4.69, 9.17) is 4.74 Å². The molecule has 1 aliphatic heterocycles. The van der Waals surface area contributed by atoms with Gasteiger partial charge in [0, 0.05) is 6.54 Å². The summed E-state index contributed by atoms with van der Waals surface area (Å²) in [4.78, 5) is 26.5. The van der Waals surface area contributed by atoms with Gasteiger partial charge in [-0.25, -0.2) is 13.2 Å². The summed E-state index contributed by atoms with van der Waals surface area (Å²) in [6.07, 6.45) is 0.754. The summed E-state index contributed by atoms with van der Waals surface area (Å²) in [5.74, 6) is -1.00. The molecule has 1 saturated heterocycles. The quantitative estimate of drug-likeness (QED) is 0.385. The van der Waals surface area contributed by atoms with Crippen LogP contribution in [0.5, 0.6) is 5.75 Å². The third-order valence-electron chi connectivity index (χ3n) is 7.34. The highest BCUT2D eigenvalue weighted by atomic mass is 32.2. The van der Waals surface area contributed by atoms with Gasteiger partial charge in [0.2, 0.25) is 10.0 Å². The Kier molecular flexibility index (Phi) is 7.09. The van der Waals surface area contributed by atoms with E-state index in [1.165, 1.54) is 12.1 Å². The van der Waals surface area contributed by atoms with E-state index in [1.807, 2.05) is 54.6 Å². The maximum Gasteiger partial charge on any atom is 0.322 e. The predicted octanol–water partition coefficient (Wildman–Crippen LogP) is 3.47. The number of urea groups is 1. The Balaban J connectivity index is 1.29. The molecule has 1 aliphatic carbocycles. The number of aliphatic carboxylic acids is 1. The summed E-state index contributed by atoms with van der Waals surface area (Å²) in [6.45, 7) is 0.407. The van der Waals surface area contributed by atoms with E-state index < -0.39 is 28.0 Å². The first-order valence-corrected chi connectivity index (χ1v) is 13.8. The van der Waals surface area contributed by atoms with Crippen LogP contribution >= 0.6 is 0 Å². The Hall–Kier alpha value is -3.89. The van der Waals surface area contributed by atoms with Crippen LogP contribution in [0.1, 0.15) is 18.4 Å². The zero-order valence-corrected chi connectivity index (χ0v) is 21.6. The first-order valence-electron chi connectivity index (χ1n) is 12.4. The number of hydrogen-bond donors (Lipinski definition) is 3. The highest BCUT2D eigenvalue weighted by Crippen LogP contribution is 2.37. The third kappa shape index (κ3) is 5.23. The molecular weight excluding hydrogens is 506 g/mol. The average Bonchev–Trinajstić information content (AvgIpc) is 3.45. The molecule has 0 aromatic heterocycles. The fourth-order valence-corrected chi connectivity index (χ4v) is 6.64. The van der Waals surface area contributed by atoms with Crippen LogP contribution in [0.2, 0.25) is 0 Å². The summed E-state index contributed by atoms with van der Waals surface area (Å²) in [6, 6.07) is 21.3. The van der Waals surface area contributed by atoms with Gasteiger partial charge in [-0.1, -0.05) is 54.6 Å². The largest absolute Gasteiger partial charge is 0.497 e. The van der Waals surface area contributed by atoms with E-state index in [1.54, 1.807) is 24.1 Å².